The second-order valence-corrected chi connectivity index (χ2v) is 4.51. The lowest BCUT2D eigenvalue weighted by Crippen LogP contribution is -2.44. The highest BCUT2D eigenvalue weighted by Crippen LogP contribution is 2.16. The lowest BCUT2D eigenvalue weighted by Gasteiger charge is -2.27. The first-order valence-electron chi connectivity index (χ1n) is 5.99. The SMILES string of the molecule is Cn1ccc(C(O)CCN2CCNCC2)c1. The number of nitrogens with one attached hydrogen (secondary N) is 1. The first-order valence-corrected chi connectivity index (χ1v) is 5.99. The summed E-state index contributed by atoms with van der Waals surface area (Å²) in [4.78, 5) is 2.41. The number of aliphatic hydroxyl groups excluding tert-OH is 1. The van der Waals surface area contributed by atoms with E-state index in [1.165, 1.54) is 0 Å². The Kier molecular flexibility index (Phi) is 3.98. The van der Waals surface area contributed by atoms with Crippen LogP contribution < -0.4 is 5.32 Å². The number of hydrogen-bond donors (Lipinski definition) is 2. The van der Waals surface area contributed by atoms with Crippen LogP contribution in [0.1, 0.15) is 18.1 Å². The quantitative estimate of drug-likeness (QED) is 0.774. The summed E-state index contributed by atoms with van der Waals surface area (Å²) in [5, 5.41) is 13.3. The largest absolute Gasteiger partial charge is 0.388 e. The van der Waals surface area contributed by atoms with E-state index in [2.05, 4.69) is 10.2 Å². The lowest BCUT2D eigenvalue weighted by atomic mass is 10.1. The minimum Gasteiger partial charge on any atom is -0.388 e. The van der Waals surface area contributed by atoms with Crippen molar-refractivity contribution in [1.29, 1.82) is 0 Å². The zero-order valence-electron chi connectivity index (χ0n) is 9.89. The van der Waals surface area contributed by atoms with Crippen LogP contribution in [-0.4, -0.2) is 47.3 Å². The Morgan fingerprint density at radius 2 is 2.19 bits per heavy atom. The fourth-order valence-corrected chi connectivity index (χ4v) is 2.13. The Hall–Kier alpha value is -0.840. The third kappa shape index (κ3) is 3.07. The molecule has 2 rings (SSSR count). The fraction of sp³-hybridized carbons (Fsp3) is 0.667. The monoisotopic (exact) mass is 223 g/mol. The van der Waals surface area contributed by atoms with Gasteiger partial charge in [-0.2, -0.15) is 0 Å². The maximum absolute atomic E-state index is 10.0. The second-order valence-electron chi connectivity index (χ2n) is 4.51. The normalized spacial score (nSPS) is 19.9. The molecule has 2 heterocycles. The van der Waals surface area contributed by atoms with Gasteiger partial charge >= 0.3 is 0 Å². The minimum atomic E-state index is -0.323. The third-order valence-electron chi connectivity index (χ3n) is 3.17. The van der Waals surface area contributed by atoms with Crippen molar-refractivity contribution in [1.82, 2.24) is 14.8 Å². The van der Waals surface area contributed by atoms with Crippen molar-refractivity contribution in [3.63, 3.8) is 0 Å². The predicted octanol–water partition coefficient (Wildman–Crippen LogP) is 0.354. The van der Waals surface area contributed by atoms with Gasteiger partial charge in [-0.15, -0.1) is 0 Å². The molecule has 1 unspecified atom stereocenters. The third-order valence-corrected chi connectivity index (χ3v) is 3.17. The van der Waals surface area contributed by atoms with Crippen molar-refractivity contribution in [3.05, 3.63) is 24.0 Å². The van der Waals surface area contributed by atoms with Gasteiger partial charge in [0.2, 0.25) is 0 Å². The molecule has 1 saturated heterocycles. The van der Waals surface area contributed by atoms with Gasteiger partial charge in [0, 0.05) is 52.2 Å². The zero-order valence-corrected chi connectivity index (χ0v) is 9.89. The molecule has 1 fully saturated rings. The molecular weight excluding hydrogens is 202 g/mol. The van der Waals surface area contributed by atoms with Crippen LogP contribution in [0.25, 0.3) is 0 Å². The van der Waals surface area contributed by atoms with Gasteiger partial charge in [0.25, 0.3) is 0 Å². The summed E-state index contributed by atoms with van der Waals surface area (Å²) in [6.45, 7) is 5.32. The highest BCUT2D eigenvalue weighted by molar-refractivity contribution is 5.13. The Labute approximate surface area is 96.9 Å². The van der Waals surface area contributed by atoms with Crippen LogP contribution >= 0.6 is 0 Å². The molecule has 16 heavy (non-hydrogen) atoms. The van der Waals surface area contributed by atoms with E-state index < -0.39 is 0 Å². The van der Waals surface area contributed by atoms with E-state index in [-0.39, 0.29) is 6.10 Å². The highest BCUT2D eigenvalue weighted by Gasteiger charge is 2.13. The van der Waals surface area contributed by atoms with Crippen LogP contribution in [0.15, 0.2) is 18.5 Å². The number of aliphatic hydroxyl groups is 1. The topological polar surface area (TPSA) is 40.4 Å². The maximum atomic E-state index is 10.0. The van der Waals surface area contributed by atoms with E-state index in [1.54, 1.807) is 0 Å². The molecule has 1 aliphatic rings. The molecule has 4 nitrogen and oxygen atoms in total. The van der Waals surface area contributed by atoms with Crippen molar-refractivity contribution in [2.45, 2.75) is 12.5 Å². The summed E-state index contributed by atoms with van der Waals surface area (Å²) in [5.74, 6) is 0. The maximum Gasteiger partial charge on any atom is 0.0816 e. The van der Waals surface area contributed by atoms with Gasteiger partial charge in [0.1, 0.15) is 0 Å². The van der Waals surface area contributed by atoms with Gasteiger partial charge in [0.05, 0.1) is 6.10 Å². The summed E-state index contributed by atoms with van der Waals surface area (Å²) in [7, 11) is 1.98. The number of rotatable bonds is 4. The number of piperazine rings is 1. The van der Waals surface area contributed by atoms with E-state index in [1.807, 2.05) is 30.1 Å². The number of hydrogen-bond acceptors (Lipinski definition) is 3. The average molecular weight is 223 g/mol. The first-order chi connectivity index (χ1) is 7.75. The van der Waals surface area contributed by atoms with Crippen molar-refractivity contribution < 1.29 is 5.11 Å². The predicted molar refractivity (Wildman–Crippen MR) is 64.3 cm³/mol. The lowest BCUT2D eigenvalue weighted by molar-refractivity contribution is 0.136. The second kappa shape index (κ2) is 5.48. The number of nitrogens with zero attached hydrogens (tertiary/aromatic N) is 2. The standard InChI is InChI=1S/C12H21N3O/c1-14-6-2-11(10-14)12(16)3-7-15-8-4-13-5-9-15/h2,6,10,12-13,16H,3-5,7-9H2,1H3. The van der Waals surface area contributed by atoms with Crippen molar-refractivity contribution in [2.75, 3.05) is 32.7 Å². The Morgan fingerprint density at radius 3 is 2.81 bits per heavy atom. The van der Waals surface area contributed by atoms with Crippen molar-refractivity contribution >= 4 is 0 Å². The van der Waals surface area contributed by atoms with E-state index in [4.69, 9.17) is 0 Å². The molecule has 0 aliphatic carbocycles. The van der Waals surface area contributed by atoms with Gasteiger partial charge in [0.15, 0.2) is 0 Å². The van der Waals surface area contributed by atoms with Crippen LogP contribution in [0.5, 0.6) is 0 Å². The van der Waals surface area contributed by atoms with Crippen molar-refractivity contribution in [3.8, 4) is 0 Å². The highest BCUT2D eigenvalue weighted by atomic mass is 16.3. The average Bonchev–Trinajstić information content (AvgIpc) is 2.74. The Balaban J connectivity index is 1.76. The molecule has 0 saturated carbocycles. The number of aromatic nitrogens is 1. The Morgan fingerprint density at radius 1 is 1.44 bits per heavy atom. The van der Waals surface area contributed by atoms with E-state index >= 15 is 0 Å². The molecular formula is C12H21N3O. The van der Waals surface area contributed by atoms with Crippen LogP contribution in [-0.2, 0) is 7.05 Å². The van der Waals surface area contributed by atoms with E-state index in [9.17, 15) is 5.11 Å². The summed E-state index contributed by atoms with van der Waals surface area (Å²) in [6, 6.07) is 1.99. The number of aryl methyl sites for hydroxylation is 1. The minimum absolute atomic E-state index is 0.323. The fourth-order valence-electron chi connectivity index (χ4n) is 2.13. The molecule has 1 aromatic rings. The zero-order chi connectivity index (χ0) is 11.4. The molecule has 1 aliphatic heterocycles. The molecule has 0 radical (unpaired) electrons. The summed E-state index contributed by atoms with van der Waals surface area (Å²) in [5.41, 5.74) is 1.03. The summed E-state index contributed by atoms with van der Waals surface area (Å²) >= 11 is 0. The first kappa shape index (κ1) is 11.6. The summed E-state index contributed by atoms with van der Waals surface area (Å²) < 4.78 is 1.98. The van der Waals surface area contributed by atoms with Crippen LogP contribution in [0.3, 0.4) is 0 Å². The van der Waals surface area contributed by atoms with Gasteiger partial charge in [-0.3, -0.25) is 0 Å². The molecule has 4 heteroatoms. The molecule has 0 amide bonds. The molecule has 1 aromatic heterocycles. The smallest absolute Gasteiger partial charge is 0.0816 e. The molecule has 2 N–H and O–H groups in total. The van der Waals surface area contributed by atoms with Gasteiger partial charge in [-0.1, -0.05) is 0 Å². The molecule has 0 aromatic carbocycles. The van der Waals surface area contributed by atoms with E-state index in [0.29, 0.717) is 0 Å². The molecule has 0 spiro atoms. The molecule has 1 atom stereocenters. The molecule has 0 bridgehead atoms. The Bertz CT molecular complexity index is 318. The van der Waals surface area contributed by atoms with Gasteiger partial charge in [-0.25, -0.2) is 0 Å². The molecule has 90 valence electrons. The van der Waals surface area contributed by atoms with Crippen LogP contribution in [0, 0.1) is 0 Å². The van der Waals surface area contributed by atoms with Gasteiger partial charge < -0.3 is 19.9 Å². The van der Waals surface area contributed by atoms with E-state index in [0.717, 1.165) is 44.7 Å². The van der Waals surface area contributed by atoms with Crippen LogP contribution in [0.4, 0.5) is 0 Å². The summed E-state index contributed by atoms with van der Waals surface area (Å²) in [6.07, 6.45) is 4.46. The van der Waals surface area contributed by atoms with Crippen molar-refractivity contribution in [2.24, 2.45) is 7.05 Å². The van der Waals surface area contributed by atoms with Gasteiger partial charge in [-0.05, 0) is 18.1 Å². The van der Waals surface area contributed by atoms with Crippen LogP contribution in [0.2, 0.25) is 0 Å².